The molecule has 0 radical (unpaired) electrons. The topological polar surface area (TPSA) is 56.7 Å². The lowest BCUT2D eigenvalue weighted by Gasteiger charge is -2.09. The van der Waals surface area contributed by atoms with Gasteiger partial charge in [-0.05, 0) is 18.6 Å². The van der Waals surface area contributed by atoms with Crippen LogP contribution in [0.3, 0.4) is 0 Å². The van der Waals surface area contributed by atoms with Crippen molar-refractivity contribution < 1.29 is 13.2 Å². The summed E-state index contributed by atoms with van der Waals surface area (Å²) in [7, 11) is 0. The number of pyridine rings is 1. The van der Waals surface area contributed by atoms with Gasteiger partial charge in [0.1, 0.15) is 5.82 Å². The summed E-state index contributed by atoms with van der Waals surface area (Å²) in [5.74, 6) is 0.395. The van der Waals surface area contributed by atoms with E-state index in [9.17, 15) is 13.2 Å². The Labute approximate surface area is 108 Å². The van der Waals surface area contributed by atoms with Crippen LogP contribution in [0.1, 0.15) is 12.8 Å². The molecule has 2 N–H and O–H groups in total. The number of halogens is 3. The van der Waals surface area contributed by atoms with Crippen molar-refractivity contribution in [3.8, 4) is 11.3 Å². The van der Waals surface area contributed by atoms with Gasteiger partial charge >= 0.3 is 6.18 Å². The number of aryl methyl sites for hydroxylation is 1. The molecule has 2 heterocycles. The third kappa shape index (κ3) is 3.70. The second-order valence-electron chi connectivity index (χ2n) is 4.16. The van der Waals surface area contributed by atoms with Crippen LogP contribution in [0.5, 0.6) is 0 Å². The SMILES string of the molecule is Nc1ccc(-c2cncn2CCCC(F)(F)F)cn1. The largest absolute Gasteiger partial charge is 0.389 e. The smallest absolute Gasteiger partial charge is 0.384 e. The second-order valence-corrected chi connectivity index (χ2v) is 4.16. The van der Waals surface area contributed by atoms with Gasteiger partial charge in [-0.3, -0.25) is 0 Å². The van der Waals surface area contributed by atoms with Gasteiger partial charge < -0.3 is 10.3 Å². The summed E-state index contributed by atoms with van der Waals surface area (Å²) < 4.78 is 38.0. The van der Waals surface area contributed by atoms with Crippen LogP contribution < -0.4 is 5.73 Å². The van der Waals surface area contributed by atoms with Gasteiger partial charge in [0.2, 0.25) is 0 Å². The Morgan fingerprint density at radius 2 is 2.00 bits per heavy atom. The van der Waals surface area contributed by atoms with E-state index in [2.05, 4.69) is 9.97 Å². The van der Waals surface area contributed by atoms with Crippen LogP contribution in [0, 0.1) is 0 Å². The van der Waals surface area contributed by atoms with E-state index in [-0.39, 0.29) is 13.0 Å². The molecule has 0 bridgehead atoms. The second kappa shape index (κ2) is 5.29. The fourth-order valence-electron chi connectivity index (χ4n) is 1.75. The normalized spacial score (nSPS) is 11.7. The number of nitrogens with zero attached hydrogens (tertiary/aromatic N) is 3. The van der Waals surface area contributed by atoms with Crippen molar-refractivity contribution in [1.29, 1.82) is 0 Å². The molecule has 2 aromatic rings. The zero-order chi connectivity index (χ0) is 13.9. The van der Waals surface area contributed by atoms with Crippen LogP contribution in [0.25, 0.3) is 11.3 Å². The molecular weight excluding hydrogens is 257 g/mol. The van der Waals surface area contributed by atoms with Gasteiger partial charge in [0, 0.05) is 24.7 Å². The number of hydrogen-bond acceptors (Lipinski definition) is 3. The first-order valence-electron chi connectivity index (χ1n) is 5.74. The summed E-state index contributed by atoms with van der Waals surface area (Å²) >= 11 is 0. The number of aromatic nitrogens is 3. The van der Waals surface area contributed by atoms with Crippen molar-refractivity contribution in [3.63, 3.8) is 0 Å². The van der Waals surface area contributed by atoms with Crippen molar-refractivity contribution in [1.82, 2.24) is 14.5 Å². The van der Waals surface area contributed by atoms with Gasteiger partial charge in [0.25, 0.3) is 0 Å². The maximum atomic E-state index is 12.1. The lowest BCUT2D eigenvalue weighted by Crippen LogP contribution is -2.09. The summed E-state index contributed by atoms with van der Waals surface area (Å²) in [5, 5.41) is 0. The predicted octanol–water partition coefficient (Wildman–Crippen LogP) is 2.87. The Hall–Kier alpha value is -2.05. The highest BCUT2D eigenvalue weighted by Gasteiger charge is 2.26. The van der Waals surface area contributed by atoms with Crippen LogP contribution in [0.4, 0.5) is 19.0 Å². The fraction of sp³-hybridized carbons (Fsp3) is 0.333. The molecule has 0 unspecified atom stereocenters. The predicted molar refractivity (Wildman–Crippen MR) is 65.2 cm³/mol. The summed E-state index contributed by atoms with van der Waals surface area (Å²) in [6.45, 7) is 0.263. The molecule has 19 heavy (non-hydrogen) atoms. The fourth-order valence-corrected chi connectivity index (χ4v) is 1.75. The molecule has 7 heteroatoms. The Balaban J connectivity index is 2.07. The number of hydrogen-bond donors (Lipinski definition) is 1. The lowest BCUT2D eigenvalue weighted by atomic mass is 10.2. The van der Waals surface area contributed by atoms with Crippen molar-refractivity contribution in [2.24, 2.45) is 0 Å². The highest BCUT2D eigenvalue weighted by Crippen LogP contribution is 2.23. The molecule has 2 rings (SSSR count). The standard InChI is InChI=1S/C12H13F3N4/c13-12(14,15)4-1-5-19-8-17-7-10(19)9-2-3-11(16)18-6-9/h2-3,6-8H,1,4-5H2,(H2,16,18). The summed E-state index contributed by atoms with van der Waals surface area (Å²) in [6, 6.07) is 3.40. The third-order valence-electron chi connectivity index (χ3n) is 2.65. The Morgan fingerprint density at radius 3 is 2.63 bits per heavy atom. The van der Waals surface area contributed by atoms with Crippen molar-refractivity contribution >= 4 is 5.82 Å². The van der Waals surface area contributed by atoms with Crippen molar-refractivity contribution in [3.05, 3.63) is 30.9 Å². The molecule has 0 amide bonds. The average molecular weight is 270 g/mol. The van der Waals surface area contributed by atoms with Crippen LogP contribution in [-0.4, -0.2) is 20.7 Å². The molecule has 4 nitrogen and oxygen atoms in total. The van der Waals surface area contributed by atoms with Crippen LogP contribution in [-0.2, 0) is 6.54 Å². The van der Waals surface area contributed by atoms with Gasteiger partial charge in [0.15, 0.2) is 0 Å². The molecule has 0 aliphatic heterocycles. The summed E-state index contributed by atoms with van der Waals surface area (Å²) in [5.41, 5.74) is 7.00. The first-order valence-corrected chi connectivity index (χ1v) is 5.74. The summed E-state index contributed by atoms with van der Waals surface area (Å²) in [4.78, 5) is 7.91. The van der Waals surface area contributed by atoms with E-state index in [0.717, 1.165) is 11.3 Å². The van der Waals surface area contributed by atoms with Crippen LogP contribution in [0.15, 0.2) is 30.9 Å². The van der Waals surface area contributed by atoms with E-state index in [4.69, 9.17) is 5.73 Å². The number of nitrogen functional groups attached to an aromatic ring is 1. The molecule has 0 saturated carbocycles. The van der Waals surface area contributed by atoms with Crippen LogP contribution >= 0.6 is 0 Å². The summed E-state index contributed by atoms with van der Waals surface area (Å²) in [6.07, 6.45) is -0.209. The van der Waals surface area contributed by atoms with Crippen molar-refractivity contribution in [2.45, 2.75) is 25.6 Å². The Bertz CT molecular complexity index is 531. The first-order chi connectivity index (χ1) is 8.96. The molecule has 0 aromatic carbocycles. The highest BCUT2D eigenvalue weighted by atomic mass is 19.4. The molecule has 0 aliphatic carbocycles. The van der Waals surface area contributed by atoms with E-state index in [1.807, 2.05) is 0 Å². The third-order valence-corrected chi connectivity index (χ3v) is 2.65. The monoisotopic (exact) mass is 270 g/mol. The maximum absolute atomic E-state index is 12.1. The van der Waals surface area contributed by atoms with Gasteiger partial charge in [0.05, 0.1) is 18.2 Å². The van der Waals surface area contributed by atoms with E-state index in [1.54, 1.807) is 29.1 Å². The van der Waals surface area contributed by atoms with E-state index < -0.39 is 12.6 Å². The highest BCUT2D eigenvalue weighted by molar-refractivity contribution is 5.59. The number of anilines is 1. The number of rotatable bonds is 4. The van der Waals surface area contributed by atoms with Gasteiger partial charge in [-0.2, -0.15) is 13.2 Å². The van der Waals surface area contributed by atoms with Gasteiger partial charge in [-0.15, -0.1) is 0 Å². The molecule has 2 aromatic heterocycles. The van der Waals surface area contributed by atoms with Crippen molar-refractivity contribution in [2.75, 3.05) is 5.73 Å². The molecule has 0 spiro atoms. The minimum Gasteiger partial charge on any atom is -0.384 e. The molecular formula is C12H13F3N4. The zero-order valence-electron chi connectivity index (χ0n) is 10.1. The van der Waals surface area contributed by atoms with E-state index >= 15 is 0 Å². The molecule has 102 valence electrons. The number of alkyl halides is 3. The van der Waals surface area contributed by atoms with E-state index in [1.165, 1.54) is 6.33 Å². The molecule has 0 fully saturated rings. The Kier molecular flexibility index (Phi) is 3.73. The minimum atomic E-state index is -4.12. The molecule has 0 saturated heterocycles. The van der Waals surface area contributed by atoms with Gasteiger partial charge in [-0.1, -0.05) is 0 Å². The molecule has 0 atom stereocenters. The first kappa shape index (κ1) is 13.4. The van der Waals surface area contributed by atoms with E-state index in [0.29, 0.717) is 5.82 Å². The number of imidazole rings is 1. The van der Waals surface area contributed by atoms with Gasteiger partial charge in [-0.25, -0.2) is 9.97 Å². The van der Waals surface area contributed by atoms with Crippen LogP contribution in [0.2, 0.25) is 0 Å². The minimum absolute atomic E-state index is 0.0231. The lowest BCUT2D eigenvalue weighted by molar-refractivity contribution is -0.135. The number of nitrogens with two attached hydrogens (primary N) is 1. The zero-order valence-corrected chi connectivity index (χ0v) is 10.1. The average Bonchev–Trinajstić information content (AvgIpc) is 2.77. The Morgan fingerprint density at radius 1 is 1.21 bits per heavy atom. The molecule has 0 aliphatic rings. The maximum Gasteiger partial charge on any atom is 0.389 e. The quantitative estimate of drug-likeness (QED) is 0.929.